The molecule has 0 fully saturated rings. The summed E-state index contributed by atoms with van der Waals surface area (Å²) in [5.74, 6) is -0.136. The van der Waals surface area contributed by atoms with Crippen LogP contribution in [0.4, 0.5) is 11.4 Å². The molecule has 2 aliphatic heterocycles. The Morgan fingerprint density at radius 1 is 0.605 bits per heavy atom. The molecule has 38 heavy (non-hydrogen) atoms. The number of benzene rings is 2. The largest absolute Gasteiger partial charge is 0.491 e. The highest BCUT2D eigenvalue weighted by Crippen LogP contribution is 2.41. The number of aromatic hydroxyl groups is 2. The molecule has 2 aromatic carbocycles. The summed E-state index contributed by atoms with van der Waals surface area (Å²) in [4.78, 5) is 26.7. The number of nitrogens with zero attached hydrogens (tertiary/aromatic N) is 5. The van der Waals surface area contributed by atoms with Gasteiger partial charge in [0, 0.05) is 34.9 Å². The Morgan fingerprint density at radius 2 is 1.05 bits per heavy atom. The van der Waals surface area contributed by atoms with E-state index in [1.165, 1.54) is 18.7 Å². The van der Waals surface area contributed by atoms with Gasteiger partial charge in [-0.3, -0.25) is 4.98 Å². The van der Waals surface area contributed by atoms with Gasteiger partial charge in [0.05, 0.1) is 11.1 Å². The number of hydrogen-bond donors (Lipinski definition) is 6. The van der Waals surface area contributed by atoms with E-state index in [4.69, 9.17) is 20.9 Å². The zero-order valence-electron chi connectivity index (χ0n) is 19.5. The number of nitrogens with two attached hydrogens (primary N) is 2. The average molecular weight is 509 g/mol. The van der Waals surface area contributed by atoms with Crippen LogP contribution in [0.25, 0.3) is 33.9 Å². The molecule has 0 spiro atoms. The van der Waals surface area contributed by atoms with Crippen molar-refractivity contribution in [2.24, 2.45) is 0 Å². The highest BCUT2D eigenvalue weighted by atomic mass is 16.5. The maximum atomic E-state index is 10.4. The van der Waals surface area contributed by atoms with Gasteiger partial charge in [-0.05, 0) is 24.3 Å². The Bertz CT molecular complexity index is 1620. The lowest BCUT2D eigenvalue weighted by molar-refractivity contribution is 0.387. The van der Waals surface area contributed by atoms with Gasteiger partial charge in [0.25, 0.3) is 23.5 Å². The molecule has 4 heterocycles. The number of aromatic amines is 2. The number of ether oxygens (including phenoxy) is 2. The lowest BCUT2D eigenvalue weighted by Gasteiger charge is -2.05. The zero-order valence-corrected chi connectivity index (χ0v) is 19.5. The smallest absolute Gasteiger partial charge is 0.284 e. The Labute approximate surface area is 214 Å². The van der Waals surface area contributed by atoms with Gasteiger partial charge in [-0.15, -0.1) is 0 Å². The van der Waals surface area contributed by atoms with Crippen molar-refractivity contribution >= 4 is 11.4 Å². The molecule has 0 saturated carbocycles. The molecule has 0 unspecified atom stereocenters. The lowest BCUT2D eigenvalue weighted by Crippen LogP contribution is -1.92. The average Bonchev–Trinajstić information content (AvgIpc) is 3.60. The third-order valence-corrected chi connectivity index (χ3v) is 5.63. The van der Waals surface area contributed by atoms with E-state index in [1.54, 1.807) is 48.5 Å². The summed E-state index contributed by atoms with van der Waals surface area (Å²) in [6, 6.07) is 14.1. The molecule has 2 aliphatic rings. The number of nitrogen functional groups attached to an aromatic ring is 2. The molecule has 6 rings (SSSR count). The summed E-state index contributed by atoms with van der Waals surface area (Å²) in [6.45, 7) is 0. The molecule has 188 valence electrons. The molecule has 13 nitrogen and oxygen atoms in total. The second-order valence-corrected chi connectivity index (χ2v) is 8.08. The van der Waals surface area contributed by atoms with E-state index in [0.29, 0.717) is 45.3 Å². The third kappa shape index (κ3) is 3.99. The summed E-state index contributed by atoms with van der Waals surface area (Å²) < 4.78 is 11.6. The maximum Gasteiger partial charge on any atom is 0.284 e. The van der Waals surface area contributed by atoms with Gasteiger partial charge in [-0.2, -0.15) is 9.97 Å². The van der Waals surface area contributed by atoms with Crippen LogP contribution >= 0.6 is 0 Å². The van der Waals surface area contributed by atoms with Gasteiger partial charge in [0.2, 0.25) is 11.8 Å². The fourth-order valence-corrected chi connectivity index (χ4v) is 3.80. The number of H-pyrrole nitrogens is 2. The number of aromatic nitrogens is 7. The van der Waals surface area contributed by atoms with Gasteiger partial charge in [-0.25, -0.2) is 9.97 Å². The van der Waals surface area contributed by atoms with Crippen LogP contribution in [0.2, 0.25) is 0 Å². The minimum Gasteiger partial charge on any atom is -0.491 e. The van der Waals surface area contributed by atoms with Crippen molar-refractivity contribution in [3.8, 4) is 69.2 Å². The molecule has 0 atom stereocenters. The van der Waals surface area contributed by atoms with Crippen molar-refractivity contribution in [1.82, 2.24) is 34.9 Å². The molecule has 0 bridgehead atoms. The number of para-hydroxylation sites is 2. The fourth-order valence-electron chi connectivity index (χ4n) is 3.80. The molecular formula is C25H19N9O4. The summed E-state index contributed by atoms with van der Waals surface area (Å²) in [5.41, 5.74) is 15.0. The van der Waals surface area contributed by atoms with Crippen LogP contribution in [0.15, 0.2) is 67.3 Å². The normalized spacial score (nSPS) is 11.1. The predicted molar refractivity (Wildman–Crippen MR) is 137 cm³/mol. The number of anilines is 2. The van der Waals surface area contributed by atoms with Gasteiger partial charge in [-0.1, -0.05) is 24.3 Å². The van der Waals surface area contributed by atoms with Gasteiger partial charge in [0.15, 0.2) is 0 Å². The van der Waals surface area contributed by atoms with E-state index in [1.807, 2.05) is 0 Å². The molecule has 8 N–H and O–H groups in total. The Hall–Kier alpha value is -5.85. The minimum absolute atomic E-state index is 0.0539. The van der Waals surface area contributed by atoms with Gasteiger partial charge >= 0.3 is 0 Å². The monoisotopic (exact) mass is 509 g/mol. The Morgan fingerprint density at radius 3 is 1.50 bits per heavy atom. The third-order valence-electron chi connectivity index (χ3n) is 5.63. The number of rotatable bonds is 6. The topological polar surface area (TPSA) is 207 Å². The minimum atomic E-state index is -0.317. The van der Waals surface area contributed by atoms with Crippen LogP contribution < -0.4 is 20.9 Å². The molecule has 0 radical (unpaired) electrons. The van der Waals surface area contributed by atoms with Gasteiger partial charge < -0.3 is 41.1 Å². The summed E-state index contributed by atoms with van der Waals surface area (Å²) in [5, 5.41) is 20.8. The van der Waals surface area contributed by atoms with E-state index < -0.39 is 0 Å². The zero-order chi connectivity index (χ0) is 26.2. The van der Waals surface area contributed by atoms with Crippen LogP contribution in [0.1, 0.15) is 0 Å². The van der Waals surface area contributed by atoms with Crippen molar-refractivity contribution in [3.63, 3.8) is 0 Å². The van der Waals surface area contributed by atoms with Crippen molar-refractivity contribution in [1.29, 1.82) is 0 Å². The Balaban J connectivity index is 1.30. The van der Waals surface area contributed by atoms with Crippen LogP contribution in [0.3, 0.4) is 0 Å². The second kappa shape index (κ2) is 8.98. The van der Waals surface area contributed by atoms with Crippen molar-refractivity contribution < 1.29 is 19.7 Å². The SMILES string of the molecule is Nc1ccccc1-c1nc(Oc2ncnc(Oc3nc(-c4ccccc4N)[nH]c3O)c3cncc2-3)c(O)[nH]1. The first-order chi connectivity index (χ1) is 18.5. The number of hydrogen-bond acceptors (Lipinski definition) is 11. The van der Waals surface area contributed by atoms with E-state index in [9.17, 15) is 10.2 Å². The van der Waals surface area contributed by atoms with Crippen molar-refractivity contribution in [2.75, 3.05) is 11.5 Å². The predicted octanol–water partition coefficient (Wildman–Crippen LogP) is 3.92. The summed E-state index contributed by atoms with van der Waals surface area (Å²) >= 11 is 0. The van der Waals surface area contributed by atoms with Crippen molar-refractivity contribution in [3.05, 3.63) is 67.3 Å². The van der Waals surface area contributed by atoms with E-state index in [2.05, 4.69) is 34.9 Å². The first-order valence-corrected chi connectivity index (χ1v) is 11.2. The molecule has 2 aromatic heterocycles. The molecule has 0 saturated heterocycles. The van der Waals surface area contributed by atoms with E-state index in [-0.39, 0.29) is 35.3 Å². The van der Waals surface area contributed by atoms with Crippen LogP contribution in [-0.2, 0) is 0 Å². The lowest BCUT2D eigenvalue weighted by atomic mass is 10.2. The molecule has 13 heteroatoms. The maximum absolute atomic E-state index is 10.4. The molecule has 0 amide bonds. The van der Waals surface area contributed by atoms with Crippen LogP contribution in [0.5, 0.6) is 35.3 Å². The molecular weight excluding hydrogens is 490 g/mol. The van der Waals surface area contributed by atoms with E-state index in [0.717, 1.165) is 0 Å². The first-order valence-electron chi connectivity index (χ1n) is 11.2. The summed E-state index contributed by atoms with van der Waals surface area (Å²) in [7, 11) is 0. The van der Waals surface area contributed by atoms with Gasteiger partial charge in [0.1, 0.15) is 18.0 Å². The van der Waals surface area contributed by atoms with Crippen LogP contribution in [0, 0.1) is 0 Å². The highest BCUT2D eigenvalue weighted by Gasteiger charge is 2.23. The number of fused-ring (bicyclic) bond motifs is 1. The number of imidazole rings is 2. The summed E-state index contributed by atoms with van der Waals surface area (Å²) in [6.07, 6.45) is 4.18. The standard InChI is InChI=1S/C25H19N9O4/c26-16-7-3-1-5-12(16)18-31-20(35)24(33-18)37-22-14-9-28-10-15(14)23(30-11-29-22)38-25-21(36)32-19(34-25)13-6-2-4-8-17(13)27/h1-11,35-36H,26-27H2,(H,31,33)(H,32,34). The highest BCUT2D eigenvalue weighted by molar-refractivity contribution is 5.75. The fraction of sp³-hybridized carbons (Fsp3) is 0. The Kier molecular flexibility index (Phi) is 5.34. The molecule has 4 aromatic rings. The van der Waals surface area contributed by atoms with Crippen molar-refractivity contribution in [2.45, 2.75) is 0 Å². The first kappa shape index (κ1) is 22.6. The van der Waals surface area contributed by atoms with E-state index >= 15 is 0 Å². The van der Waals surface area contributed by atoms with Crippen LogP contribution in [-0.4, -0.2) is 45.1 Å². The quantitative estimate of drug-likeness (QED) is 0.177. The number of nitrogens with one attached hydrogen (secondary N) is 2. The molecule has 0 aliphatic carbocycles. The second-order valence-electron chi connectivity index (χ2n) is 8.08.